The first-order valence-corrected chi connectivity index (χ1v) is 11.7. The van der Waals surface area contributed by atoms with Crippen molar-refractivity contribution in [2.45, 2.75) is 17.7 Å². The van der Waals surface area contributed by atoms with Gasteiger partial charge in [-0.05, 0) is 31.2 Å². The van der Waals surface area contributed by atoms with E-state index in [1.807, 2.05) is 0 Å². The number of aryl methyl sites for hydroxylation is 1. The number of nitrogens with zero attached hydrogens (tertiary/aromatic N) is 4. The van der Waals surface area contributed by atoms with Crippen LogP contribution in [0.25, 0.3) is 0 Å². The van der Waals surface area contributed by atoms with Crippen LogP contribution in [0.4, 0.5) is 16.6 Å². The summed E-state index contributed by atoms with van der Waals surface area (Å²) in [6, 6.07) is 8.72. The van der Waals surface area contributed by atoms with Crippen molar-refractivity contribution >= 4 is 57.5 Å². The van der Waals surface area contributed by atoms with Crippen molar-refractivity contribution in [1.29, 1.82) is 0 Å². The number of amides is 3. The maximum absolute atomic E-state index is 12.7. The highest BCUT2D eigenvalue weighted by molar-refractivity contribution is 8.01. The smallest absolute Gasteiger partial charge is 0.236 e. The lowest BCUT2D eigenvalue weighted by atomic mass is 10.1. The molecule has 1 aromatic carbocycles. The van der Waals surface area contributed by atoms with E-state index in [1.54, 1.807) is 49.3 Å². The molecule has 172 valence electrons. The summed E-state index contributed by atoms with van der Waals surface area (Å²) < 4.78 is 10.6. The van der Waals surface area contributed by atoms with Crippen LogP contribution in [0.1, 0.15) is 12.2 Å². The van der Waals surface area contributed by atoms with Crippen LogP contribution < -0.4 is 20.3 Å². The van der Waals surface area contributed by atoms with Gasteiger partial charge in [-0.25, -0.2) is 0 Å². The van der Waals surface area contributed by atoms with Gasteiger partial charge in [-0.2, -0.15) is 0 Å². The Morgan fingerprint density at radius 2 is 2.06 bits per heavy atom. The van der Waals surface area contributed by atoms with Gasteiger partial charge in [0.25, 0.3) is 0 Å². The maximum Gasteiger partial charge on any atom is 0.236 e. The number of rotatable bonds is 8. The van der Waals surface area contributed by atoms with Crippen molar-refractivity contribution in [3.05, 3.63) is 36.1 Å². The maximum atomic E-state index is 12.7. The molecule has 1 unspecified atom stereocenters. The van der Waals surface area contributed by atoms with E-state index in [0.29, 0.717) is 32.5 Å². The molecule has 2 N–H and O–H groups in total. The Bertz CT molecular complexity index is 1160. The number of nitrogens with one attached hydrogen (secondary N) is 2. The highest BCUT2D eigenvalue weighted by atomic mass is 32.2. The average Bonchev–Trinajstić information content (AvgIpc) is 3.53. The Morgan fingerprint density at radius 1 is 1.27 bits per heavy atom. The second-order valence-electron chi connectivity index (χ2n) is 7.13. The number of anilines is 3. The van der Waals surface area contributed by atoms with Crippen LogP contribution in [-0.2, 0) is 14.4 Å². The van der Waals surface area contributed by atoms with Gasteiger partial charge in [0.2, 0.25) is 22.9 Å². The van der Waals surface area contributed by atoms with E-state index in [4.69, 9.17) is 9.26 Å². The summed E-state index contributed by atoms with van der Waals surface area (Å²) in [6.07, 6.45) is 0.111. The van der Waals surface area contributed by atoms with Gasteiger partial charge in [-0.15, -0.1) is 10.2 Å². The first-order chi connectivity index (χ1) is 15.9. The fourth-order valence-corrected chi connectivity index (χ4v) is 4.71. The van der Waals surface area contributed by atoms with Gasteiger partial charge in [-0.3, -0.25) is 14.4 Å². The summed E-state index contributed by atoms with van der Waals surface area (Å²) in [6.45, 7) is 2.01. The number of aromatic nitrogens is 3. The van der Waals surface area contributed by atoms with Crippen LogP contribution in [0.15, 0.2) is 39.2 Å². The second-order valence-corrected chi connectivity index (χ2v) is 9.33. The van der Waals surface area contributed by atoms with Gasteiger partial charge >= 0.3 is 0 Å². The number of hydrogen-bond donors (Lipinski definition) is 2. The fraction of sp³-hybridized carbons (Fsp3) is 0.300. The highest BCUT2D eigenvalue weighted by Gasteiger charge is 2.35. The van der Waals surface area contributed by atoms with E-state index in [0.717, 1.165) is 11.3 Å². The highest BCUT2D eigenvalue weighted by Crippen LogP contribution is 2.29. The minimum Gasteiger partial charge on any atom is -0.497 e. The summed E-state index contributed by atoms with van der Waals surface area (Å²) in [4.78, 5) is 38.7. The largest absolute Gasteiger partial charge is 0.497 e. The van der Waals surface area contributed by atoms with Gasteiger partial charge in [0.05, 0.1) is 18.8 Å². The first-order valence-electron chi connectivity index (χ1n) is 9.86. The van der Waals surface area contributed by atoms with E-state index >= 15 is 0 Å². The Hall–Kier alpha value is -3.45. The van der Waals surface area contributed by atoms with Crippen molar-refractivity contribution in [2.75, 3.05) is 34.9 Å². The van der Waals surface area contributed by atoms with E-state index in [2.05, 4.69) is 26.0 Å². The number of carbonyl (C=O) groups excluding carboxylic acids is 3. The molecule has 4 rings (SSSR count). The van der Waals surface area contributed by atoms with Gasteiger partial charge in [0.1, 0.15) is 11.5 Å². The molecule has 1 atom stereocenters. The van der Waals surface area contributed by atoms with Crippen molar-refractivity contribution in [3.8, 4) is 5.75 Å². The molecule has 1 aliphatic heterocycles. The van der Waals surface area contributed by atoms with Gasteiger partial charge in [0.15, 0.2) is 10.2 Å². The van der Waals surface area contributed by atoms with Crippen LogP contribution in [0.3, 0.4) is 0 Å². The zero-order valence-electron chi connectivity index (χ0n) is 17.7. The molecule has 1 fully saturated rings. The molecule has 0 saturated carbocycles. The van der Waals surface area contributed by atoms with Gasteiger partial charge < -0.3 is 24.8 Å². The van der Waals surface area contributed by atoms with Crippen LogP contribution in [0.5, 0.6) is 5.75 Å². The lowest BCUT2D eigenvalue weighted by Crippen LogP contribution is -2.28. The Morgan fingerprint density at radius 3 is 2.76 bits per heavy atom. The van der Waals surface area contributed by atoms with Crippen LogP contribution in [0, 0.1) is 12.8 Å². The molecule has 0 radical (unpaired) electrons. The molecule has 3 aromatic rings. The number of methoxy groups -OCH3 is 1. The topological polar surface area (TPSA) is 140 Å². The van der Waals surface area contributed by atoms with Gasteiger partial charge in [0, 0.05) is 24.7 Å². The number of benzene rings is 1. The van der Waals surface area contributed by atoms with Gasteiger partial charge in [-0.1, -0.05) is 28.3 Å². The minimum absolute atomic E-state index is 0.0996. The van der Waals surface area contributed by atoms with Crippen LogP contribution in [-0.4, -0.2) is 52.5 Å². The Kier molecular flexibility index (Phi) is 6.89. The lowest BCUT2D eigenvalue weighted by molar-refractivity contribution is -0.122. The minimum atomic E-state index is -0.503. The summed E-state index contributed by atoms with van der Waals surface area (Å²) in [5, 5.41) is 17.3. The molecule has 3 amide bonds. The normalized spacial score (nSPS) is 15.5. The third-order valence-electron chi connectivity index (χ3n) is 4.74. The summed E-state index contributed by atoms with van der Waals surface area (Å²) in [5.41, 5.74) is 0.713. The van der Waals surface area contributed by atoms with Crippen LogP contribution in [0.2, 0.25) is 0 Å². The SMILES string of the molecule is COc1ccc(N2CC(C(=O)Nc3nnc(SCC(=O)Nc4cc(C)on4)s3)CC2=O)cc1. The third kappa shape index (κ3) is 5.68. The monoisotopic (exact) mass is 488 g/mol. The molecule has 0 aliphatic carbocycles. The molecule has 1 saturated heterocycles. The van der Waals surface area contributed by atoms with E-state index < -0.39 is 5.92 Å². The zero-order valence-corrected chi connectivity index (χ0v) is 19.4. The summed E-state index contributed by atoms with van der Waals surface area (Å²) in [7, 11) is 1.57. The summed E-state index contributed by atoms with van der Waals surface area (Å²) in [5.74, 6) is 0.538. The van der Waals surface area contributed by atoms with E-state index in [9.17, 15) is 14.4 Å². The van der Waals surface area contributed by atoms with Crippen molar-refractivity contribution < 1.29 is 23.6 Å². The molecule has 0 spiro atoms. The molecule has 33 heavy (non-hydrogen) atoms. The molecular formula is C20H20N6O5S2. The van der Waals surface area contributed by atoms with E-state index in [1.165, 1.54) is 11.8 Å². The molecule has 3 heterocycles. The lowest BCUT2D eigenvalue weighted by Gasteiger charge is -2.16. The molecule has 13 heteroatoms. The molecule has 11 nitrogen and oxygen atoms in total. The predicted octanol–water partition coefficient (Wildman–Crippen LogP) is 2.57. The number of thioether (sulfide) groups is 1. The summed E-state index contributed by atoms with van der Waals surface area (Å²) >= 11 is 2.34. The molecular weight excluding hydrogens is 468 g/mol. The van der Waals surface area contributed by atoms with Crippen LogP contribution >= 0.6 is 23.1 Å². The first kappa shape index (κ1) is 22.7. The number of ether oxygens (including phenoxy) is 1. The van der Waals surface area contributed by atoms with Crippen molar-refractivity contribution in [1.82, 2.24) is 15.4 Å². The van der Waals surface area contributed by atoms with E-state index in [-0.39, 0.29) is 36.4 Å². The molecule has 0 bridgehead atoms. The van der Waals surface area contributed by atoms with Crippen molar-refractivity contribution in [2.24, 2.45) is 5.92 Å². The number of hydrogen-bond acceptors (Lipinski definition) is 10. The quantitative estimate of drug-likeness (QED) is 0.362. The Labute approximate surface area is 196 Å². The second kappa shape index (κ2) is 10.0. The fourth-order valence-electron chi connectivity index (χ4n) is 3.15. The third-order valence-corrected chi connectivity index (χ3v) is 6.71. The standard InChI is InChI=1S/C20H20N6O5S2/c1-11-7-15(25-31-11)21-16(27)10-32-20-24-23-19(33-20)22-18(29)12-8-17(28)26(9-12)13-3-5-14(30-2)6-4-13/h3-7,12H,8-10H2,1-2H3,(H,21,25,27)(H,22,23,29). The molecule has 1 aliphatic rings. The average molecular weight is 489 g/mol. The number of carbonyl (C=O) groups is 3. The van der Waals surface area contributed by atoms with Crippen molar-refractivity contribution in [3.63, 3.8) is 0 Å². The zero-order chi connectivity index (χ0) is 23.4. The predicted molar refractivity (Wildman–Crippen MR) is 123 cm³/mol. The Balaban J connectivity index is 1.27. The molecule has 2 aromatic heterocycles.